The number of rotatable bonds is 8. The highest BCUT2D eigenvalue weighted by molar-refractivity contribution is 7.88. The molecule has 0 spiro atoms. The molecule has 108 valence electrons. The number of sulfonamides is 1. The SMILES string of the molecule is CCC(CN(CC)S(=O)(=O)Cc1cccnc1)NC. The van der Waals surface area contributed by atoms with E-state index in [4.69, 9.17) is 0 Å². The molecular formula is C13H23N3O2S. The molecule has 0 aromatic carbocycles. The fourth-order valence-electron chi connectivity index (χ4n) is 1.90. The molecule has 1 atom stereocenters. The zero-order valence-corrected chi connectivity index (χ0v) is 12.7. The van der Waals surface area contributed by atoms with Gasteiger partial charge in [-0.3, -0.25) is 4.98 Å². The van der Waals surface area contributed by atoms with E-state index in [1.807, 2.05) is 20.9 Å². The lowest BCUT2D eigenvalue weighted by Gasteiger charge is -2.25. The van der Waals surface area contributed by atoms with Gasteiger partial charge in [-0.25, -0.2) is 12.7 Å². The molecule has 0 bridgehead atoms. The van der Waals surface area contributed by atoms with Crippen LogP contribution < -0.4 is 5.32 Å². The van der Waals surface area contributed by atoms with Crippen molar-refractivity contribution in [2.45, 2.75) is 32.1 Å². The summed E-state index contributed by atoms with van der Waals surface area (Å²) in [6.07, 6.45) is 4.14. The number of hydrogen-bond donors (Lipinski definition) is 1. The summed E-state index contributed by atoms with van der Waals surface area (Å²) in [4.78, 5) is 3.95. The molecule has 0 saturated heterocycles. The highest BCUT2D eigenvalue weighted by Crippen LogP contribution is 2.11. The number of nitrogens with one attached hydrogen (secondary N) is 1. The predicted molar refractivity (Wildman–Crippen MR) is 77.2 cm³/mol. The molecule has 5 nitrogen and oxygen atoms in total. The summed E-state index contributed by atoms with van der Waals surface area (Å²) in [5.41, 5.74) is 0.721. The third kappa shape index (κ3) is 4.89. The van der Waals surface area contributed by atoms with Crippen molar-refractivity contribution < 1.29 is 8.42 Å². The summed E-state index contributed by atoms with van der Waals surface area (Å²) in [6, 6.07) is 3.72. The second kappa shape index (κ2) is 7.57. The molecule has 19 heavy (non-hydrogen) atoms. The van der Waals surface area contributed by atoms with Crippen molar-refractivity contribution in [2.75, 3.05) is 20.1 Å². The van der Waals surface area contributed by atoms with E-state index in [1.165, 1.54) is 4.31 Å². The quantitative estimate of drug-likeness (QED) is 0.780. The first-order valence-electron chi connectivity index (χ1n) is 6.57. The smallest absolute Gasteiger partial charge is 0.218 e. The molecule has 1 rings (SSSR count). The predicted octanol–water partition coefficient (Wildman–Crippen LogP) is 1.23. The van der Waals surface area contributed by atoms with Gasteiger partial charge in [0, 0.05) is 31.5 Å². The average molecular weight is 285 g/mol. The van der Waals surface area contributed by atoms with E-state index in [9.17, 15) is 8.42 Å². The molecule has 1 N–H and O–H groups in total. The first-order valence-corrected chi connectivity index (χ1v) is 8.18. The summed E-state index contributed by atoms with van der Waals surface area (Å²) < 4.78 is 26.3. The lowest BCUT2D eigenvalue weighted by molar-refractivity contribution is 0.368. The van der Waals surface area contributed by atoms with Gasteiger partial charge in [0.15, 0.2) is 0 Å². The van der Waals surface area contributed by atoms with Crippen molar-refractivity contribution in [2.24, 2.45) is 0 Å². The maximum absolute atomic E-state index is 12.4. The highest BCUT2D eigenvalue weighted by atomic mass is 32.2. The zero-order chi connectivity index (χ0) is 14.3. The molecule has 0 radical (unpaired) electrons. The van der Waals surface area contributed by atoms with Gasteiger partial charge in [-0.2, -0.15) is 0 Å². The van der Waals surface area contributed by atoms with E-state index in [1.54, 1.807) is 24.5 Å². The van der Waals surface area contributed by atoms with Gasteiger partial charge in [0.25, 0.3) is 0 Å². The lowest BCUT2D eigenvalue weighted by atomic mass is 10.2. The van der Waals surface area contributed by atoms with E-state index in [0.29, 0.717) is 13.1 Å². The molecule has 0 amide bonds. The molecule has 0 aliphatic rings. The van der Waals surface area contributed by atoms with Crippen LogP contribution in [-0.4, -0.2) is 43.9 Å². The van der Waals surface area contributed by atoms with Crippen LogP contribution in [0.4, 0.5) is 0 Å². The van der Waals surface area contributed by atoms with E-state index < -0.39 is 10.0 Å². The van der Waals surface area contributed by atoms with Gasteiger partial charge in [0.05, 0.1) is 5.75 Å². The summed E-state index contributed by atoms with van der Waals surface area (Å²) in [7, 11) is -1.43. The summed E-state index contributed by atoms with van der Waals surface area (Å²) in [5.74, 6) is 0.00876. The Bertz CT molecular complexity index is 458. The van der Waals surface area contributed by atoms with Crippen LogP contribution in [0.25, 0.3) is 0 Å². The van der Waals surface area contributed by atoms with Crippen molar-refractivity contribution in [1.82, 2.24) is 14.6 Å². The van der Waals surface area contributed by atoms with Crippen LogP contribution in [0.5, 0.6) is 0 Å². The van der Waals surface area contributed by atoms with E-state index in [2.05, 4.69) is 10.3 Å². The minimum absolute atomic E-state index is 0.00876. The third-order valence-electron chi connectivity index (χ3n) is 3.14. The first-order chi connectivity index (χ1) is 9.03. The van der Waals surface area contributed by atoms with Crippen LogP contribution in [0, 0.1) is 0 Å². The van der Waals surface area contributed by atoms with Crippen LogP contribution in [-0.2, 0) is 15.8 Å². The number of hydrogen-bond acceptors (Lipinski definition) is 4. The Morgan fingerprint density at radius 3 is 2.63 bits per heavy atom. The minimum atomic E-state index is -3.29. The molecule has 6 heteroatoms. The van der Waals surface area contributed by atoms with E-state index in [-0.39, 0.29) is 11.8 Å². The Kier molecular flexibility index (Phi) is 6.41. The van der Waals surface area contributed by atoms with Gasteiger partial charge in [-0.1, -0.05) is 19.9 Å². The van der Waals surface area contributed by atoms with E-state index >= 15 is 0 Å². The normalized spacial score (nSPS) is 13.7. The van der Waals surface area contributed by atoms with Crippen molar-refractivity contribution in [3.05, 3.63) is 30.1 Å². The van der Waals surface area contributed by atoms with Crippen molar-refractivity contribution in [3.8, 4) is 0 Å². The Balaban J connectivity index is 2.78. The largest absolute Gasteiger partial charge is 0.316 e. The summed E-state index contributed by atoms with van der Waals surface area (Å²) in [6.45, 7) is 4.90. The number of nitrogens with zero attached hydrogens (tertiary/aromatic N) is 2. The van der Waals surface area contributed by atoms with Crippen molar-refractivity contribution in [3.63, 3.8) is 0 Å². The number of pyridine rings is 1. The molecule has 0 saturated carbocycles. The monoisotopic (exact) mass is 285 g/mol. The molecule has 0 fully saturated rings. The van der Waals surface area contributed by atoms with Crippen LogP contribution in [0.15, 0.2) is 24.5 Å². The summed E-state index contributed by atoms with van der Waals surface area (Å²) >= 11 is 0. The van der Waals surface area contributed by atoms with Crippen LogP contribution in [0.2, 0.25) is 0 Å². The van der Waals surface area contributed by atoms with Crippen LogP contribution in [0.1, 0.15) is 25.8 Å². The zero-order valence-electron chi connectivity index (χ0n) is 11.8. The Morgan fingerprint density at radius 1 is 1.42 bits per heavy atom. The van der Waals surface area contributed by atoms with Gasteiger partial charge in [0.2, 0.25) is 10.0 Å². The van der Waals surface area contributed by atoms with Crippen LogP contribution in [0.3, 0.4) is 0 Å². The van der Waals surface area contributed by atoms with Gasteiger partial charge in [0.1, 0.15) is 0 Å². The van der Waals surface area contributed by atoms with Gasteiger partial charge >= 0.3 is 0 Å². The highest BCUT2D eigenvalue weighted by Gasteiger charge is 2.23. The van der Waals surface area contributed by atoms with E-state index in [0.717, 1.165) is 12.0 Å². The summed E-state index contributed by atoms with van der Waals surface area (Å²) in [5, 5.41) is 3.13. The molecule has 1 heterocycles. The Morgan fingerprint density at radius 2 is 2.16 bits per heavy atom. The molecule has 0 aliphatic heterocycles. The minimum Gasteiger partial charge on any atom is -0.316 e. The molecule has 0 aliphatic carbocycles. The molecule has 1 unspecified atom stereocenters. The second-order valence-corrected chi connectivity index (χ2v) is 6.43. The topological polar surface area (TPSA) is 62.3 Å². The van der Waals surface area contributed by atoms with Gasteiger partial charge in [-0.15, -0.1) is 0 Å². The molecule has 1 aromatic heterocycles. The average Bonchev–Trinajstić information content (AvgIpc) is 2.40. The molecular weight excluding hydrogens is 262 g/mol. The third-order valence-corrected chi connectivity index (χ3v) is 5.04. The fourth-order valence-corrected chi connectivity index (χ4v) is 3.47. The second-order valence-electron chi connectivity index (χ2n) is 4.46. The first kappa shape index (κ1) is 16.1. The number of likely N-dealkylation sites (N-methyl/N-ethyl adjacent to an activating group) is 2. The van der Waals surface area contributed by atoms with Crippen molar-refractivity contribution in [1.29, 1.82) is 0 Å². The van der Waals surface area contributed by atoms with Gasteiger partial charge in [-0.05, 0) is 25.1 Å². The maximum Gasteiger partial charge on any atom is 0.218 e. The Hall–Kier alpha value is -0.980. The number of aromatic nitrogens is 1. The standard InChI is InChI=1S/C13H23N3O2S/c1-4-13(14-3)10-16(5-2)19(17,18)11-12-7-6-8-15-9-12/h6-9,13-14H,4-5,10-11H2,1-3H3. The van der Waals surface area contributed by atoms with Crippen molar-refractivity contribution >= 4 is 10.0 Å². The fraction of sp³-hybridized carbons (Fsp3) is 0.615. The lowest BCUT2D eigenvalue weighted by Crippen LogP contribution is -2.42. The maximum atomic E-state index is 12.4. The van der Waals surface area contributed by atoms with Gasteiger partial charge < -0.3 is 5.32 Å². The van der Waals surface area contributed by atoms with Crippen LogP contribution >= 0.6 is 0 Å². The Labute approximate surface area is 116 Å². The molecule has 1 aromatic rings.